The van der Waals surface area contributed by atoms with E-state index < -0.39 is 10.0 Å². The number of rotatable bonds is 9. The SMILES string of the molecule is Cc1cccc(N(CCCC(=O)NCCc2ccc(Cl)cc2)S(C)(=O)=O)c1C. The van der Waals surface area contributed by atoms with Gasteiger partial charge >= 0.3 is 0 Å². The first kappa shape index (κ1) is 22.2. The number of amides is 1. The highest BCUT2D eigenvalue weighted by Crippen LogP contribution is 2.25. The van der Waals surface area contributed by atoms with Crippen molar-refractivity contribution in [3.63, 3.8) is 0 Å². The quantitative estimate of drug-likeness (QED) is 0.667. The van der Waals surface area contributed by atoms with Gasteiger partial charge in [0.05, 0.1) is 11.9 Å². The van der Waals surface area contributed by atoms with Gasteiger partial charge in [0.1, 0.15) is 0 Å². The molecule has 0 saturated carbocycles. The summed E-state index contributed by atoms with van der Waals surface area (Å²) in [7, 11) is -3.42. The Hall–Kier alpha value is -2.05. The number of carbonyl (C=O) groups excluding carboxylic acids is 1. The Bertz CT molecular complexity index is 912. The van der Waals surface area contributed by atoms with Crippen LogP contribution in [0, 0.1) is 13.8 Å². The van der Waals surface area contributed by atoms with Crippen LogP contribution in [-0.4, -0.2) is 33.7 Å². The Morgan fingerprint density at radius 3 is 2.43 bits per heavy atom. The summed E-state index contributed by atoms with van der Waals surface area (Å²) in [6.07, 6.45) is 2.65. The standard InChI is InChI=1S/C21H27ClN2O3S/c1-16-6-4-7-20(17(16)2)24(28(3,26)27)15-5-8-21(25)23-14-13-18-9-11-19(22)12-10-18/h4,6-7,9-12H,5,8,13-15H2,1-3H3,(H,23,25). The predicted octanol–water partition coefficient (Wildman–Crippen LogP) is 3.86. The predicted molar refractivity (Wildman–Crippen MR) is 116 cm³/mol. The van der Waals surface area contributed by atoms with Crippen molar-refractivity contribution in [1.82, 2.24) is 5.32 Å². The number of carbonyl (C=O) groups is 1. The van der Waals surface area contributed by atoms with E-state index in [1.54, 1.807) is 6.07 Å². The normalized spacial score (nSPS) is 11.3. The minimum Gasteiger partial charge on any atom is -0.356 e. The number of aryl methyl sites for hydroxylation is 1. The molecule has 0 aliphatic rings. The first-order valence-corrected chi connectivity index (χ1v) is 11.5. The summed E-state index contributed by atoms with van der Waals surface area (Å²) >= 11 is 5.86. The number of sulfonamides is 1. The van der Waals surface area contributed by atoms with Gasteiger partial charge in [-0.1, -0.05) is 35.9 Å². The van der Waals surface area contributed by atoms with Crippen LogP contribution in [0.3, 0.4) is 0 Å². The van der Waals surface area contributed by atoms with Crippen molar-refractivity contribution in [1.29, 1.82) is 0 Å². The number of benzene rings is 2. The molecule has 7 heteroatoms. The maximum Gasteiger partial charge on any atom is 0.232 e. The summed E-state index contributed by atoms with van der Waals surface area (Å²) in [5.74, 6) is -0.0802. The van der Waals surface area contributed by atoms with Gasteiger partial charge in [0.25, 0.3) is 0 Å². The third-order valence-corrected chi connectivity index (χ3v) is 6.09. The average molecular weight is 423 g/mol. The van der Waals surface area contributed by atoms with Crippen LogP contribution in [0.25, 0.3) is 0 Å². The van der Waals surface area contributed by atoms with E-state index in [-0.39, 0.29) is 18.9 Å². The van der Waals surface area contributed by atoms with Crippen LogP contribution in [0.4, 0.5) is 5.69 Å². The van der Waals surface area contributed by atoms with Crippen molar-refractivity contribution in [3.05, 3.63) is 64.2 Å². The van der Waals surface area contributed by atoms with Crippen molar-refractivity contribution in [2.45, 2.75) is 33.1 Å². The molecule has 1 N–H and O–H groups in total. The van der Waals surface area contributed by atoms with E-state index in [4.69, 9.17) is 11.6 Å². The maximum atomic E-state index is 12.2. The largest absolute Gasteiger partial charge is 0.356 e. The van der Waals surface area contributed by atoms with Crippen molar-refractivity contribution in [2.75, 3.05) is 23.7 Å². The molecule has 0 aromatic heterocycles. The highest BCUT2D eigenvalue weighted by atomic mass is 35.5. The average Bonchev–Trinajstić information content (AvgIpc) is 2.62. The molecule has 0 aliphatic heterocycles. The zero-order chi connectivity index (χ0) is 20.7. The van der Waals surface area contributed by atoms with Crippen LogP contribution >= 0.6 is 11.6 Å². The first-order valence-electron chi connectivity index (χ1n) is 9.23. The van der Waals surface area contributed by atoms with Gasteiger partial charge in [-0.15, -0.1) is 0 Å². The van der Waals surface area contributed by atoms with Gasteiger partial charge in [0.2, 0.25) is 15.9 Å². The summed E-state index contributed by atoms with van der Waals surface area (Å²) in [5, 5.41) is 3.57. The van der Waals surface area contributed by atoms with Crippen LogP contribution in [0.5, 0.6) is 0 Å². The van der Waals surface area contributed by atoms with Crippen molar-refractivity contribution in [2.24, 2.45) is 0 Å². The van der Waals surface area contributed by atoms with E-state index in [9.17, 15) is 13.2 Å². The third kappa shape index (κ3) is 6.53. The molecule has 0 saturated heterocycles. The lowest BCUT2D eigenvalue weighted by atomic mass is 10.1. The Kier molecular flexibility index (Phi) is 7.89. The Balaban J connectivity index is 1.85. The molecule has 0 atom stereocenters. The molecular weight excluding hydrogens is 396 g/mol. The Labute approximate surface area is 172 Å². The summed E-state index contributed by atoms with van der Waals surface area (Å²) in [6.45, 7) is 4.67. The minimum absolute atomic E-state index is 0.0802. The second-order valence-electron chi connectivity index (χ2n) is 6.88. The molecule has 2 aromatic rings. The molecule has 2 aromatic carbocycles. The van der Waals surface area contributed by atoms with Crippen LogP contribution < -0.4 is 9.62 Å². The molecule has 0 aliphatic carbocycles. The number of nitrogens with one attached hydrogen (secondary N) is 1. The van der Waals surface area contributed by atoms with Crippen LogP contribution in [0.1, 0.15) is 29.5 Å². The van der Waals surface area contributed by atoms with Gasteiger partial charge in [-0.3, -0.25) is 9.10 Å². The zero-order valence-corrected chi connectivity index (χ0v) is 18.1. The van der Waals surface area contributed by atoms with E-state index in [1.165, 1.54) is 10.6 Å². The molecule has 28 heavy (non-hydrogen) atoms. The molecule has 152 valence electrons. The summed E-state index contributed by atoms with van der Waals surface area (Å²) in [5.41, 5.74) is 3.74. The second kappa shape index (κ2) is 9.94. The molecule has 0 bridgehead atoms. The summed E-state index contributed by atoms with van der Waals surface area (Å²) < 4.78 is 25.9. The molecule has 2 rings (SSSR count). The molecule has 0 spiro atoms. The molecular formula is C21H27ClN2O3S. The van der Waals surface area contributed by atoms with Gasteiger partial charge < -0.3 is 5.32 Å². The molecule has 0 unspecified atom stereocenters. The third-order valence-electron chi connectivity index (χ3n) is 4.66. The van der Waals surface area contributed by atoms with E-state index in [1.807, 2.05) is 50.2 Å². The number of nitrogens with zero attached hydrogens (tertiary/aromatic N) is 1. The fraction of sp³-hybridized carbons (Fsp3) is 0.381. The lowest BCUT2D eigenvalue weighted by Gasteiger charge is -2.24. The maximum absolute atomic E-state index is 12.2. The van der Waals surface area contributed by atoms with Crippen molar-refractivity contribution < 1.29 is 13.2 Å². The fourth-order valence-electron chi connectivity index (χ4n) is 2.94. The molecule has 0 radical (unpaired) electrons. The van der Waals surface area contributed by atoms with E-state index >= 15 is 0 Å². The van der Waals surface area contributed by atoms with Crippen LogP contribution in [-0.2, 0) is 21.2 Å². The van der Waals surface area contributed by atoms with Crippen molar-refractivity contribution >= 4 is 33.2 Å². The molecule has 5 nitrogen and oxygen atoms in total. The monoisotopic (exact) mass is 422 g/mol. The van der Waals surface area contributed by atoms with Crippen LogP contribution in [0.15, 0.2) is 42.5 Å². The smallest absolute Gasteiger partial charge is 0.232 e. The van der Waals surface area contributed by atoms with Gasteiger partial charge in [-0.25, -0.2) is 8.42 Å². The van der Waals surface area contributed by atoms with Gasteiger partial charge in [-0.05, 0) is 61.6 Å². The highest BCUT2D eigenvalue weighted by molar-refractivity contribution is 7.92. The van der Waals surface area contributed by atoms with Gasteiger partial charge in [0, 0.05) is 24.5 Å². The molecule has 0 fully saturated rings. The Morgan fingerprint density at radius 2 is 1.79 bits per heavy atom. The van der Waals surface area contributed by atoms with E-state index in [0.29, 0.717) is 23.7 Å². The van der Waals surface area contributed by atoms with Gasteiger partial charge in [-0.2, -0.15) is 0 Å². The zero-order valence-electron chi connectivity index (χ0n) is 16.5. The Morgan fingerprint density at radius 1 is 1.11 bits per heavy atom. The first-order chi connectivity index (χ1) is 13.2. The number of hydrogen-bond donors (Lipinski definition) is 1. The van der Waals surface area contributed by atoms with E-state index in [2.05, 4.69) is 5.32 Å². The molecule has 1 amide bonds. The lowest BCUT2D eigenvalue weighted by Crippen LogP contribution is -2.33. The number of halogens is 1. The lowest BCUT2D eigenvalue weighted by molar-refractivity contribution is -0.121. The molecule has 0 heterocycles. The minimum atomic E-state index is -3.42. The van der Waals surface area contributed by atoms with Crippen LogP contribution in [0.2, 0.25) is 5.02 Å². The number of anilines is 1. The summed E-state index contributed by atoms with van der Waals surface area (Å²) in [6, 6.07) is 13.1. The van der Waals surface area contributed by atoms with Crippen molar-refractivity contribution in [3.8, 4) is 0 Å². The number of hydrogen-bond acceptors (Lipinski definition) is 3. The van der Waals surface area contributed by atoms with Gasteiger partial charge in [0.15, 0.2) is 0 Å². The highest BCUT2D eigenvalue weighted by Gasteiger charge is 2.19. The van der Waals surface area contributed by atoms with E-state index in [0.717, 1.165) is 23.1 Å². The summed E-state index contributed by atoms with van der Waals surface area (Å²) in [4.78, 5) is 12.1. The fourth-order valence-corrected chi connectivity index (χ4v) is 4.08. The topological polar surface area (TPSA) is 66.5 Å². The second-order valence-corrected chi connectivity index (χ2v) is 9.23.